The smallest absolute Gasteiger partial charge is 0.0869 e. The summed E-state index contributed by atoms with van der Waals surface area (Å²) in [5.41, 5.74) is 10.7. The molecule has 0 saturated carbocycles. The van der Waals surface area contributed by atoms with Crippen molar-refractivity contribution in [3.63, 3.8) is 0 Å². The molecule has 0 bridgehead atoms. The number of rotatable bonds is 0. The molecule has 0 spiro atoms. The van der Waals surface area contributed by atoms with Crippen molar-refractivity contribution < 1.29 is 0 Å². The minimum Gasteiger partial charge on any atom is -0.317 e. The van der Waals surface area contributed by atoms with Gasteiger partial charge in [0.1, 0.15) is 0 Å². The van der Waals surface area contributed by atoms with Crippen molar-refractivity contribution in [2.75, 3.05) is 0 Å². The van der Waals surface area contributed by atoms with Crippen molar-refractivity contribution in [3.05, 3.63) is 0 Å². The largest absolute Gasteiger partial charge is 0.317 e. The van der Waals surface area contributed by atoms with Gasteiger partial charge in [0.15, 0.2) is 0 Å². The van der Waals surface area contributed by atoms with Gasteiger partial charge in [0.25, 0.3) is 0 Å². The maximum atomic E-state index is 5.34. The molecule has 2 atom stereocenters. The molecule has 1 aliphatic rings. The molecule has 0 amide bonds. The zero-order chi connectivity index (χ0) is 4.57. The fraction of sp³-hybridized carbons (Fsp3) is 1.00. The van der Waals surface area contributed by atoms with Crippen LogP contribution in [-0.2, 0) is 0 Å². The van der Waals surface area contributed by atoms with Crippen LogP contribution in [0.3, 0.4) is 0 Å². The molecule has 1 saturated heterocycles. The summed E-state index contributed by atoms with van der Waals surface area (Å²) in [5.74, 6) is 0. The lowest BCUT2D eigenvalue weighted by Crippen LogP contribution is -2.41. The zero-order valence-corrected chi connectivity index (χ0v) is 4.76. The van der Waals surface area contributed by atoms with E-state index >= 15 is 0 Å². The minimum absolute atomic E-state index is 0.190. The van der Waals surface area contributed by atoms with Crippen LogP contribution in [0.2, 0.25) is 0 Å². The first-order chi connectivity index (χ1) is 2.80. The van der Waals surface area contributed by atoms with E-state index in [4.69, 9.17) is 11.5 Å². The average molecular weight is 122 g/mol. The molecule has 6 heavy (non-hydrogen) atoms. The van der Waals surface area contributed by atoms with Crippen LogP contribution in [0, 0.1) is 0 Å². The number of hydrogen-bond acceptors (Lipinski definition) is 4. The molecule has 2 nitrogen and oxygen atoms in total. The topological polar surface area (TPSA) is 52.0 Å². The van der Waals surface area contributed by atoms with Gasteiger partial charge in [-0.05, 0) is 0 Å². The second kappa shape index (κ2) is 1.61. The van der Waals surface area contributed by atoms with E-state index in [0.29, 0.717) is 0 Å². The highest BCUT2D eigenvalue weighted by atomic mass is 33.1. The van der Waals surface area contributed by atoms with Gasteiger partial charge in [-0.3, -0.25) is 0 Å². The molecule has 0 aromatic heterocycles. The summed E-state index contributed by atoms with van der Waals surface area (Å²) in [7, 11) is 3.28. The first kappa shape index (κ1) is 4.77. The molecule has 1 heterocycles. The predicted octanol–water partition coefficient (Wildman–Crippen LogP) is -0.0490. The molecule has 2 unspecified atom stereocenters. The van der Waals surface area contributed by atoms with E-state index in [2.05, 4.69) is 0 Å². The van der Waals surface area contributed by atoms with Crippen LogP contribution in [-0.4, -0.2) is 10.7 Å². The zero-order valence-electron chi connectivity index (χ0n) is 3.13. The van der Waals surface area contributed by atoms with E-state index in [1.807, 2.05) is 0 Å². The lowest BCUT2D eigenvalue weighted by molar-refractivity contribution is 0.850. The van der Waals surface area contributed by atoms with Crippen molar-refractivity contribution in [2.45, 2.75) is 10.7 Å². The molecule has 0 aliphatic carbocycles. The molecule has 1 fully saturated rings. The normalized spacial score (nSPS) is 45.0. The van der Waals surface area contributed by atoms with Crippen molar-refractivity contribution in [1.29, 1.82) is 0 Å². The van der Waals surface area contributed by atoms with Crippen molar-refractivity contribution in [3.8, 4) is 0 Å². The molecule has 36 valence electrons. The Balaban J connectivity index is 2.20. The van der Waals surface area contributed by atoms with Crippen LogP contribution < -0.4 is 11.5 Å². The molecule has 1 rings (SSSR count). The third kappa shape index (κ3) is 0.654. The number of hydrogen-bond donors (Lipinski definition) is 2. The highest BCUT2D eigenvalue weighted by Gasteiger charge is 2.24. The molecular weight excluding hydrogens is 116 g/mol. The number of nitrogens with two attached hydrogens (primary N) is 2. The third-order valence-electron chi connectivity index (χ3n) is 0.602. The highest BCUT2D eigenvalue weighted by Crippen LogP contribution is 2.41. The van der Waals surface area contributed by atoms with Crippen LogP contribution in [0.15, 0.2) is 0 Å². The van der Waals surface area contributed by atoms with E-state index in [-0.39, 0.29) is 10.7 Å². The third-order valence-corrected chi connectivity index (χ3v) is 3.58. The van der Waals surface area contributed by atoms with E-state index < -0.39 is 0 Å². The van der Waals surface area contributed by atoms with E-state index in [9.17, 15) is 0 Å². The lowest BCUT2D eigenvalue weighted by atomic mass is 10.7. The van der Waals surface area contributed by atoms with Gasteiger partial charge in [0.2, 0.25) is 0 Å². The minimum atomic E-state index is 0.190. The molecule has 4 heteroatoms. The van der Waals surface area contributed by atoms with Gasteiger partial charge in [-0.25, -0.2) is 0 Å². The fourth-order valence-corrected chi connectivity index (χ4v) is 1.65. The van der Waals surface area contributed by atoms with Crippen LogP contribution in [0.1, 0.15) is 0 Å². The fourth-order valence-electron chi connectivity index (χ4n) is 0.184. The lowest BCUT2D eigenvalue weighted by Gasteiger charge is -2.26. The van der Waals surface area contributed by atoms with Gasteiger partial charge < -0.3 is 11.5 Å². The summed E-state index contributed by atoms with van der Waals surface area (Å²) in [6, 6.07) is 0. The van der Waals surface area contributed by atoms with Crippen molar-refractivity contribution >= 4 is 21.6 Å². The van der Waals surface area contributed by atoms with Crippen molar-refractivity contribution in [2.24, 2.45) is 11.5 Å². The van der Waals surface area contributed by atoms with Gasteiger partial charge in [-0.2, -0.15) is 0 Å². The Bertz CT molecular complexity index is 49.5. The Morgan fingerprint density at radius 2 is 1.33 bits per heavy atom. The Kier molecular flexibility index (Phi) is 1.28. The molecule has 4 N–H and O–H groups in total. The SMILES string of the molecule is NC1SSC1N. The van der Waals surface area contributed by atoms with Crippen molar-refractivity contribution in [1.82, 2.24) is 0 Å². The van der Waals surface area contributed by atoms with Gasteiger partial charge in [-0.1, -0.05) is 21.6 Å². The molecule has 0 aromatic carbocycles. The van der Waals surface area contributed by atoms with E-state index in [1.54, 1.807) is 21.6 Å². The Hall–Kier alpha value is 0.620. The molecule has 0 radical (unpaired) electrons. The van der Waals surface area contributed by atoms with Crippen LogP contribution in [0.5, 0.6) is 0 Å². The van der Waals surface area contributed by atoms with Crippen LogP contribution in [0.25, 0.3) is 0 Å². The summed E-state index contributed by atoms with van der Waals surface area (Å²) < 4.78 is 0. The summed E-state index contributed by atoms with van der Waals surface area (Å²) in [4.78, 5) is 0. The second-order valence-corrected chi connectivity index (χ2v) is 3.75. The first-order valence-corrected chi connectivity index (χ1v) is 3.91. The maximum Gasteiger partial charge on any atom is 0.0869 e. The summed E-state index contributed by atoms with van der Waals surface area (Å²) >= 11 is 0. The van der Waals surface area contributed by atoms with Crippen LogP contribution in [0.4, 0.5) is 0 Å². The van der Waals surface area contributed by atoms with Crippen LogP contribution >= 0.6 is 21.6 Å². The van der Waals surface area contributed by atoms with E-state index in [0.717, 1.165) is 0 Å². The Morgan fingerprint density at radius 3 is 1.33 bits per heavy atom. The predicted molar refractivity (Wildman–Crippen MR) is 31.1 cm³/mol. The highest BCUT2D eigenvalue weighted by molar-refractivity contribution is 8.80. The van der Waals surface area contributed by atoms with Gasteiger partial charge >= 0.3 is 0 Å². The van der Waals surface area contributed by atoms with Gasteiger partial charge in [0, 0.05) is 0 Å². The first-order valence-electron chi connectivity index (χ1n) is 1.64. The Morgan fingerprint density at radius 1 is 1.00 bits per heavy atom. The maximum absolute atomic E-state index is 5.34. The summed E-state index contributed by atoms with van der Waals surface area (Å²) in [5, 5.41) is 0.380. The molecule has 1 aliphatic heterocycles. The monoisotopic (exact) mass is 122 g/mol. The van der Waals surface area contributed by atoms with Gasteiger partial charge in [0.05, 0.1) is 10.7 Å². The summed E-state index contributed by atoms with van der Waals surface area (Å²) in [6.45, 7) is 0. The van der Waals surface area contributed by atoms with E-state index in [1.165, 1.54) is 0 Å². The molecule has 0 aromatic rings. The van der Waals surface area contributed by atoms with Gasteiger partial charge in [-0.15, -0.1) is 0 Å². The summed E-state index contributed by atoms with van der Waals surface area (Å²) in [6.07, 6.45) is 0. The quantitative estimate of drug-likeness (QED) is 0.442. The molecular formula is C2H6N2S2. The average Bonchev–Trinajstić information content (AvgIpc) is 1.61. The standard InChI is InChI=1S/C2H6N2S2/c3-1-2(4)6-5-1/h1-2H,3-4H2. The second-order valence-electron chi connectivity index (χ2n) is 1.12. The Labute approximate surface area is 44.4 Å².